The van der Waals surface area contributed by atoms with Crippen LogP contribution in [-0.4, -0.2) is 28.5 Å². The lowest BCUT2D eigenvalue weighted by molar-refractivity contribution is -0.382. The molecule has 0 aliphatic heterocycles. The number of thioether (sulfide) groups is 1. The van der Waals surface area contributed by atoms with Crippen molar-refractivity contribution >= 4 is 34.0 Å². The summed E-state index contributed by atoms with van der Waals surface area (Å²) in [5.74, 6) is 1.17. The number of anilines is 1. The molecule has 0 fully saturated rings. The number of benzene rings is 1. The van der Waals surface area contributed by atoms with E-state index in [1.807, 2.05) is 17.8 Å². The van der Waals surface area contributed by atoms with Crippen molar-refractivity contribution in [3.05, 3.63) is 40.6 Å². The van der Waals surface area contributed by atoms with Crippen LogP contribution < -0.4 is 5.32 Å². The van der Waals surface area contributed by atoms with Crippen molar-refractivity contribution < 1.29 is 4.92 Å². The van der Waals surface area contributed by atoms with Gasteiger partial charge in [-0.25, -0.2) is 0 Å². The summed E-state index contributed by atoms with van der Waals surface area (Å²) in [4.78, 5) is 15.2. The largest absolute Gasteiger partial charge is 0.379 e. The summed E-state index contributed by atoms with van der Waals surface area (Å²) in [5, 5.41) is 15.1. The summed E-state index contributed by atoms with van der Waals surface area (Å²) in [6, 6.07) is 7.03. The number of unbranched alkanes of at least 4 members (excludes halogenated alkanes) is 2. The molecular weight excluding hydrogens is 286 g/mol. The van der Waals surface area contributed by atoms with E-state index in [0.29, 0.717) is 16.6 Å². The quantitative estimate of drug-likeness (QED) is 0.452. The molecule has 0 aliphatic rings. The number of hydrogen-bond acceptors (Lipinski definition) is 5. The summed E-state index contributed by atoms with van der Waals surface area (Å²) in [6.07, 6.45) is 7.09. The fourth-order valence-corrected chi connectivity index (χ4v) is 2.74. The highest BCUT2D eigenvalue weighted by Gasteiger charge is 2.18. The highest BCUT2D eigenvalue weighted by atomic mass is 32.2. The van der Waals surface area contributed by atoms with Crippen molar-refractivity contribution in [3.8, 4) is 0 Å². The van der Waals surface area contributed by atoms with Gasteiger partial charge in [0.15, 0.2) is 0 Å². The van der Waals surface area contributed by atoms with E-state index in [2.05, 4.69) is 16.6 Å². The van der Waals surface area contributed by atoms with Gasteiger partial charge in [0.2, 0.25) is 0 Å². The fourth-order valence-electron chi connectivity index (χ4n) is 2.25. The van der Waals surface area contributed by atoms with Crippen LogP contribution >= 0.6 is 11.8 Å². The van der Waals surface area contributed by atoms with Crippen molar-refractivity contribution in [2.24, 2.45) is 0 Å². The smallest absolute Gasteiger partial charge is 0.301 e. The molecule has 0 bridgehead atoms. The molecule has 1 aromatic carbocycles. The Morgan fingerprint density at radius 2 is 2.14 bits per heavy atom. The molecule has 0 saturated carbocycles. The molecule has 0 amide bonds. The Hall–Kier alpha value is -1.82. The predicted octanol–water partition coefficient (Wildman–Crippen LogP) is 4.09. The number of fused-ring (bicyclic) bond motifs is 1. The van der Waals surface area contributed by atoms with Crippen LogP contribution in [0.5, 0.6) is 0 Å². The number of rotatable bonds is 8. The van der Waals surface area contributed by atoms with Gasteiger partial charge in [0.1, 0.15) is 5.69 Å². The van der Waals surface area contributed by atoms with E-state index < -0.39 is 0 Å². The summed E-state index contributed by atoms with van der Waals surface area (Å²) in [7, 11) is 0. The van der Waals surface area contributed by atoms with Crippen LogP contribution in [-0.2, 0) is 0 Å². The number of pyridine rings is 1. The lowest BCUT2D eigenvalue weighted by Gasteiger charge is -2.08. The standard InChI is InChI=1S/C15H19N3O2S/c1-21-11-4-2-3-9-17-14-8-7-13-12(6-5-10-16-13)15(14)18(19)20/h5-8,10,17H,2-4,9,11H2,1H3. The van der Waals surface area contributed by atoms with Crippen molar-refractivity contribution in [2.45, 2.75) is 19.3 Å². The van der Waals surface area contributed by atoms with Gasteiger partial charge in [0.25, 0.3) is 0 Å². The van der Waals surface area contributed by atoms with Gasteiger partial charge in [-0.1, -0.05) is 6.42 Å². The summed E-state index contributed by atoms with van der Waals surface area (Å²) < 4.78 is 0. The highest BCUT2D eigenvalue weighted by molar-refractivity contribution is 7.98. The van der Waals surface area contributed by atoms with Crippen molar-refractivity contribution in [2.75, 3.05) is 23.9 Å². The molecule has 0 saturated heterocycles. The molecule has 112 valence electrons. The van der Waals surface area contributed by atoms with Crippen LogP contribution in [0.25, 0.3) is 10.9 Å². The Balaban J connectivity index is 2.09. The lowest BCUT2D eigenvalue weighted by atomic mass is 10.1. The van der Waals surface area contributed by atoms with Gasteiger partial charge < -0.3 is 5.32 Å². The molecule has 2 aromatic rings. The average molecular weight is 305 g/mol. The number of aromatic nitrogens is 1. The predicted molar refractivity (Wildman–Crippen MR) is 89.1 cm³/mol. The van der Waals surface area contributed by atoms with Crippen molar-refractivity contribution in [3.63, 3.8) is 0 Å². The number of hydrogen-bond donors (Lipinski definition) is 1. The number of nitro benzene ring substituents is 1. The second kappa shape index (κ2) is 7.83. The zero-order valence-electron chi connectivity index (χ0n) is 12.0. The maximum atomic E-state index is 11.3. The zero-order chi connectivity index (χ0) is 15.1. The zero-order valence-corrected chi connectivity index (χ0v) is 12.9. The molecule has 1 aromatic heterocycles. The first-order valence-corrected chi connectivity index (χ1v) is 8.38. The number of nitrogens with zero attached hydrogens (tertiary/aromatic N) is 2. The van der Waals surface area contributed by atoms with Crippen LogP contribution in [0.1, 0.15) is 19.3 Å². The summed E-state index contributed by atoms with van der Waals surface area (Å²) >= 11 is 1.85. The maximum absolute atomic E-state index is 11.3. The Labute approximate surface area is 128 Å². The first-order chi connectivity index (χ1) is 10.2. The molecule has 1 heterocycles. The van der Waals surface area contributed by atoms with E-state index in [9.17, 15) is 10.1 Å². The van der Waals surface area contributed by atoms with Crippen LogP contribution in [0.15, 0.2) is 30.5 Å². The molecule has 2 rings (SSSR count). The van der Waals surface area contributed by atoms with Crippen LogP contribution in [0.2, 0.25) is 0 Å². The SMILES string of the molecule is CSCCCCCNc1ccc2ncccc2c1[N+](=O)[O-]. The molecule has 0 spiro atoms. The lowest BCUT2D eigenvalue weighted by Crippen LogP contribution is -2.05. The third-order valence-electron chi connectivity index (χ3n) is 3.28. The van der Waals surface area contributed by atoms with Crippen LogP contribution in [0, 0.1) is 10.1 Å². The van der Waals surface area contributed by atoms with E-state index in [-0.39, 0.29) is 10.6 Å². The average Bonchev–Trinajstić information content (AvgIpc) is 2.50. The molecular formula is C15H19N3O2S. The molecule has 21 heavy (non-hydrogen) atoms. The minimum absolute atomic E-state index is 0.115. The molecule has 0 atom stereocenters. The molecule has 0 unspecified atom stereocenters. The minimum atomic E-state index is -0.333. The Morgan fingerprint density at radius 1 is 1.29 bits per heavy atom. The molecule has 6 heteroatoms. The number of nitrogens with one attached hydrogen (secondary N) is 1. The van der Waals surface area contributed by atoms with E-state index in [1.54, 1.807) is 24.4 Å². The van der Waals surface area contributed by atoms with E-state index in [1.165, 1.54) is 12.2 Å². The van der Waals surface area contributed by atoms with Crippen LogP contribution in [0.3, 0.4) is 0 Å². The van der Waals surface area contributed by atoms with Crippen molar-refractivity contribution in [1.82, 2.24) is 4.98 Å². The minimum Gasteiger partial charge on any atom is -0.379 e. The second-order valence-electron chi connectivity index (χ2n) is 4.77. The third kappa shape index (κ3) is 4.07. The van der Waals surface area contributed by atoms with Gasteiger partial charge in [-0.2, -0.15) is 11.8 Å². The van der Waals surface area contributed by atoms with Gasteiger partial charge in [-0.05, 0) is 49.1 Å². The summed E-state index contributed by atoms with van der Waals surface area (Å²) in [5.41, 5.74) is 1.34. The van der Waals surface area contributed by atoms with Gasteiger partial charge in [0.05, 0.1) is 15.8 Å². The third-order valence-corrected chi connectivity index (χ3v) is 3.98. The Morgan fingerprint density at radius 3 is 2.90 bits per heavy atom. The van der Waals surface area contributed by atoms with Gasteiger partial charge in [-0.3, -0.25) is 15.1 Å². The van der Waals surface area contributed by atoms with E-state index in [0.717, 1.165) is 19.4 Å². The molecule has 0 radical (unpaired) electrons. The van der Waals surface area contributed by atoms with Gasteiger partial charge in [-0.15, -0.1) is 0 Å². The Bertz CT molecular complexity index is 619. The normalized spacial score (nSPS) is 10.7. The fraction of sp³-hybridized carbons (Fsp3) is 0.400. The molecule has 5 nitrogen and oxygen atoms in total. The summed E-state index contributed by atoms with van der Waals surface area (Å²) in [6.45, 7) is 0.751. The highest BCUT2D eigenvalue weighted by Crippen LogP contribution is 2.32. The Kier molecular flexibility index (Phi) is 5.80. The monoisotopic (exact) mass is 305 g/mol. The topological polar surface area (TPSA) is 68.1 Å². The molecule has 0 aliphatic carbocycles. The molecule has 1 N–H and O–H groups in total. The first kappa shape index (κ1) is 15.6. The van der Waals surface area contributed by atoms with Gasteiger partial charge >= 0.3 is 5.69 Å². The second-order valence-corrected chi connectivity index (χ2v) is 5.75. The van der Waals surface area contributed by atoms with Crippen molar-refractivity contribution in [1.29, 1.82) is 0 Å². The number of nitro groups is 1. The van der Waals surface area contributed by atoms with Gasteiger partial charge in [0, 0.05) is 12.7 Å². The van der Waals surface area contributed by atoms with Crippen LogP contribution in [0.4, 0.5) is 11.4 Å². The maximum Gasteiger partial charge on any atom is 0.301 e. The first-order valence-electron chi connectivity index (χ1n) is 6.99. The van der Waals surface area contributed by atoms with E-state index >= 15 is 0 Å². The van der Waals surface area contributed by atoms with E-state index in [4.69, 9.17) is 0 Å².